The maximum atomic E-state index is 13.3. The first kappa shape index (κ1) is 18.7. The minimum absolute atomic E-state index is 0.0923. The Labute approximate surface area is 177 Å². The molecule has 2 heterocycles. The number of aromatic nitrogens is 3. The number of rotatable bonds is 3. The molecule has 0 unspecified atom stereocenters. The third-order valence-corrected chi connectivity index (χ3v) is 5.18. The van der Waals surface area contributed by atoms with Gasteiger partial charge in [-0.05, 0) is 18.2 Å². The van der Waals surface area contributed by atoms with Gasteiger partial charge < -0.3 is 0 Å². The third-order valence-electron chi connectivity index (χ3n) is 5.18. The molecule has 0 atom stereocenters. The fourth-order valence-corrected chi connectivity index (χ4v) is 3.69. The van der Waals surface area contributed by atoms with E-state index in [9.17, 15) is 9.59 Å². The summed E-state index contributed by atoms with van der Waals surface area (Å²) in [5.74, 6) is 0.362. The van der Waals surface area contributed by atoms with E-state index in [1.54, 1.807) is 23.0 Å². The molecule has 0 bridgehead atoms. The average Bonchev–Trinajstić information content (AvgIpc) is 3.18. The summed E-state index contributed by atoms with van der Waals surface area (Å²) in [6.07, 6.45) is 3.34. The average molecular weight is 406 g/mol. The molecule has 0 fully saturated rings. The molecular formula is C25H18N4O2. The van der Waals surface area contributed by atoms with E-state index in [0.717, 1.165) is 22.0 Å². The monoisotopic (exact) mass is 406 g/mol. The lowest BCUT2D eigenvalue weighted by Gasteiger charge is -2.09. The van der Waals surface area contributed by atoms with Gasteiger partial charge in [-0.15, -0.1) is 0 Å². The van der Waals surface area contributed by atoms with Gasteiger partial charge in [0.1, 0.15) is 0 Å². The molecule has 0 N–H and O–H groups in total. The van der Waals surface area contributed by atoms with Crippen LogP contribution in [0.1, 0.15) is 17.3 Å². The first-order valence-corrected chi connectivity index (χ1v) is 9.86. The molecule has 150 valence electrons. The second-order valence-electron chi connectivity index (χ2n) is 7.17. The van der Waals surface area contributed by atoms with E-state index < -0.39 is 0 Å². The van der Waals surface area contributed by atoms with Gasteiger partial charge >= 0.3 is 0 Å². The quantitative estimate of drug-likeness (QED) is 0.413. The van der Waals surface area contributed by atoms with Crippen molar-refractivity contribution in [2.24, 2.45) is 5.10 Å². The van der Waals surface area contributed by atoms with Gasteiger partial charge in [0.25, 0.3) is 5.56 Å². The van der Waals surface area contributed by atoms with Crippen LogP contribution >= 0.6 is 0 Å². The second kappa shape index (κ2) is 7.50. The largest absolute Gasteiger partial charge is 0.287 e. The zero-order valence-corrected chi connectivity index (χ0v) is 16.8. The van der Waals surface area contributed by atoms with Crippen LogP contribution in [0.5, 0.6) is 0 Å². The molecule has 31 heavy (non-hydrogen) atoms. The lowest BCUT2D eigenvalue weighted by Crippen LogP contribution is -2.20. The van der Waals surface area contributed by atoms with E-state index in [0.29, 0.717) is 16.7 Å². The highest BCUT2D eigenvalue weighted by Crippen LogP contribution is 2.21. The SMILES string of the molecule is CC(=O)n1cc(C=Nn2c(-c3ccccc3)nc3ccccc3c2=O)c2ccccc21. The van der Waals surface area contributed by atoms with E-state index in [1.807, 2.05) is 72.8 Å². The minimum Gasteiger partial charge on any atom is -0.287 e. The third kappa shape index (κ3) is 3.24. The number of para-hydroxylation sites is 2. The number of fused-ring (bicyclic) bond motifs is 2. The van der Waals surface area contributed by atoms with Crippen LogP contribution in [-0.2, 0) is 0 Å². The smallest absolute Gasteiger partial charge is 0.282 e. The van der Waals surface area contributed by atoms with Crippen LogP contribution in [-0.4, -0.2) is 26.3 Å². The molecule has 5 rings (SSSR count). The van der Waals surface area contributed by atoms with E-state index in [4.69, 9.17) is 4.98 Å². The number of hydrogen-bond acceptors (Lipinski definition) is 4. The van der Waals surface area contributed by atoms with Crippen molar-refractivity contribution >= 4 is 33.9 Å². The van der Waals surface area contributed by atoms with E-state index in [-0.39, 0.29) is 11.5 Å². The van der Waals surface area contributed by atoms with Crippen molar-refractivity contribution in [2.75, 3.05) is 0 Å². The van der Waals surface area contributed by atoms with Gasteiger partial charge in [-0.1, -0.05) is 60.7 Å². The van der Waals surface area contributed by atoms with Gasteiger partial charge in [0.05, 0.1) is 22.6 Å². The summed E-state index contributed by atoms with van der Waals surface area (Å²) >= 11 is 0. The molecule has 0 amide bonds. The van der Waals surface area contributed by atoms with E-state index in [1.165, 1.54) is 11.6 Å². The van der Waals surface area contributed by atoms with E-state index >= 15 is 0 Å². The van der Waals surface area contributed by atoms with Gasteiger partial charge in [0.15, 0.2) is 5.82 Å². The number of carbonyl (C=O) groups is 1. The summed E-state index contributed by atoms with van der Waals surface area (Å²) in [5.41, 5.74) is 2.68. The topological polar surface area (TPSA) is 69.2 Å². The van der Waals surface area contributed by atoms with Crippen LogP contribution < -0.4 is 5.56 Å². The van der Waals surface area contributed by atoms with Crippen molar-refractivity contribution in [3.63, 3.8) is 0 Å². The van der Waals surface area contributed by atoms with Gasteiger partial charge in [-0.2, -0.15) is 9.78 Å². The van der Waals surface area contributed by atoms with Crippen molar-refractivity contribution in [2.45, 2.75) is 6.92 Å². The number of carbonyl (C=O) groups excluding carboxylic acids is 1. The Morgan fingerprint density at radius 2 is 1.58 bits per heavy atom. The molecule has 3 aromatic carbocycles. The molecule has 6 heteroatoms. The number of hydrogen-bond donors (Lipinski definition) is 0. The number of benzene rings is 3. The van der Waals surface area contributed by atoms with Crippen molar-refractivity contribution in [3.8, 4) is 11.4 Å². The van der Waals surface area contributed by atoms with Crippen molar-refractivity contribution in [1.82, 2.24) is 14.2 Å². The summed E-state index contributed by atoms with van der Waals surface area (Å²) in [5, 5.41) is 5.89. The molecule has 0 aliphatic carbocycles. The highest BCUT2D eigenvalue weighted by Gasteiger charge is 2.13. The highest BCUT2D eigenvalue weighted by molar-refractivity contribution is 6.03. The standard InChI is InChI=1S/C25H18N4O2/c1-17(30)28-16-19(20-11-6-8-14-23(20)28)15-26-29-24(18-9-3-2-4-10-18)27-22-13-7-5-12-21(22)25(29)31/h2-16H,1H3. The summed E-state index contributed by atoms with van der Waals surface area (Å²) in [4.78, 5) is 30.0. The van der Waals surface area contributed by atoms with Crippen LogP contribution in [0.2, 0.25) is 0 Å². The molecule has 0 radical (unpaired) electrons. The lowest BCUT2D eigenvalue weighted by molar-refractivity contribution is 0.0941. The van der Waals surface area contributed by atoms with Crippen molar-refractivity contribution < 1.29 is 4.79 Å². The summed E-state index contributed by atoms with van der Waals surface area (Å²) < 4.78 is 2.90. The zero-order valence-electron chi connectivity index (χ0n) is 16.8. The van der Waals surface area contributed by atoms with Crippen LogP contribution in [0.3, 0.4) is 0 Å². The molecule has 0 saturated heterocycles. The Morgan fingerprint density at radius 1 is 0.903 bits per heavy atom. The lowest BCUT2D eigenvalue weighted by atomic mass is 10.2. The first-order chi connectivity index (χ1) is 15.1. The molecule has 6 nitrogen and oxygen atoms in total. The second-order valence-corrected chi connectivity index (χ2v) is 7.17. The zero-order chi connectivity index (χ0) is 21.4. The Morgan fingerprint density at radius 3 is 2.35 bits per heavy atom. The Hall–Kier alpha value is -4.32. The fraction of sp³-hybridized carbons (Fsp3) is 0.0400. The fourth-order valence-electron chi connectivity index (χ4n) is 3.69. The maximum Gasteiger partial charge on any atom is 0.282 e. The molecule has 0 aliphatic heterocycles. The Kier molecular flexibility index (Phi) is 4.52. The van der Waals surface area contributed by atoms with Crippen LogP contribution in [0, 0.1) is 0 Å². The highest BCUT2D eigenvalue weighted by atomic mass is 16.1. The molecule has 0 aliphatic rings. The van der Waals surface area contributed by atoms with Crippen LogP contribution in [0.4, 0.5) is 0 Å². The predicted octanol–water partition coefficient (Wildman–Crippen LogP) is 4.56. The molecule has 0 spiro atoms. The maximum absolute atomic E-state index is 13.3. The molecule has 5 aromatic rings. The molecular weight excluding hydrogens is 388 g/mol. The number of nitrogens with zero attached hydrogens (tertiary/aromatic N) is 4. The van der Waals surface area contributed by atoms with Gasteiger partial charge in [0, 0.05) is 29.6 Å². The summed E-state index contributed by atoms with van der Waals surface area (Å²) in [6, 6.07) is 24.3. The summed E-state index contributed by atoms with van der Waals surface area (Å²) in [7, 11) is 0. The van der Waals surface area contributed by atoms with Crippen molar-refractivity contribution in [1.29, 1.82) is 0 Å². The molecule has 2 aromatic heterocycles. The van der Waals surface area contributed by atoms with Gasteiger partial charge in [-0.25, -0.2) is 4.98 Å². The normalized spacial score (nSPS) is 11.5. The van der Waals surface area contributed by atoms with Crippen molar-refractivity contribution in [3.05, 3.63) is 101 Å². The van der Waals surface area contributed by atoms with Crippen LogP contribution in [0.15, 0.2) is 95.0 Å². The Bertz CT molecular complexity index is 1530. The first-order valence-electron chi connectivity index (χ1n) is 9.86. The predicted molar refractivity (Wildman–Crippen MR) is 123 cm³/mol. The van der Waals surface area contributed by atoms with E-state index in [2.05, 4.69) is 5.10 Å². The van der Waals surface area contributed by atoms with Gasteiger partial charge in [-0.3, -0.25) is 14.2 Å². The van der Waals surface area contributed by atoms with Crippen LogP contribution in [0.25, 0.3) is 33.2 Å². The van der Waals surface area contributed by atoms with Gasteiger partial charge in [0.2, 0.25) is 5.91 Å². The molecule has 0 saturated carbocycles. The Balaban J connectivity index is 1.74. The summed E-state index contributed by atoms with van der Waals surface area (Å²) in [6.45, 7) is 1.51. The minimum atomic E-state index is -0.254.